The van der Waals surface area contributed by atoms with Crippen LogP contribution in [0.5, 0.6) is 23.0 Å². The van der Waals surface area contributed by atoms with Crippen molar-refractivity contribution in [3.05, 3.63) is 174 Å². The number of carbonyl (C=O) groups is 10. The van der Waals surface area contributed by atoms with Gasteiger partial charge >= 0.3 is 17.9 Å². The highest BCUT2D eigenvalue weighted by atomic mass is 19.1. The van der Waals surface area contributed by atoms with Crippen molar-refractivity contribution in [2.45, 2.75) is 51.4 Å². The summed E-state index contributed by atoms with van der Waals surface area (Å²) in [5.74, 6) is -4.31. The monoisotopic (exact) mass is 1580 g/mol. The molecule has 8 aromatic rings. The average Bonchev–Trinajstić information content (AvgIpc) is 1.22. The highest BCUT2D eigenvalue weighted by Crippen LogP contribution is 2.37. The van der Waals surface area contributed by atoms with E-state index in [0.717, 1.165) is 70.0 Å². The summed E-state index contributed by atoms with van der Waals surface area (Å²) in [6, 6.07) is 14.2. The lowest BCUT2D eigenvalue weighted by Crippen LogP contribution is -2.28. The Hall–Kier alpha value is -13.1. The van der Waals surface area contributed by atoms with Crippen molar-refractivity contribution in [1.29, 1.82) is 0 Å². The summed E-state index contributed by atoms with van der Waals surface area (Å²) >= 11 is 0. The number of benzene rings is 2. The van der Waals surface area contributed by atoms with Crippen LogP contribution in [0.4, 0.5) is 38.5 Å². The third-order valence-corrected chi connectivity index (χ3v) is 16.7. The number of ketones is 2. The minimum absolute atomic E-state index is 0.00455. The highest BCUT2D eigenvalue weighted by Gasteiger charge is 2.29. The average molecular weight is 1580 g/mol. The van der Waals surface area contributed by atoms with Crippen LogP contribution in [-0.2, 0) is 74.2 Å². The summed E-state index contributed by atoms with van der Waals surface area (Å²) in [7, 11) is 22.1. The molecular formula is C75H97FN16O21. The normalized spacial score (nSPS) is 10.8. The van der Waals surface area contributed by atoms with E-state index in [1.165, 1.54) is 14.2 Å². The number of alkyl halides is 1. The SMILES string of the molecule is CN(C)CCCNC(=O)c1cc(NC(=O)c2cc(CC(=O)c3cc(N)cn3C)cn2C)cn1C.COC(=O)c1cc(OC)c(OCCCC(=O)Nc2cc(C(=O)Cc3cc(C(=O)Nc4cc(C(=O)NCCCN(C)C)n(C)c4)n(C)c3)n(C)c2)cc1[N+](=O)[O-].COC(=O)c1cc(OC)c(OCCCC(=O)O)cc1[N+](=O)[O-].[2H]CF. The number of nitrogens with one attached hydrogen (secondary N) is 5. The van der Waals surface area contributed by atoms with Gasteiger partial charge in [0, 0.05) is 130 Å². The van der Waals surface area contributed by atoms with Crippen molar-refractivity contribution in [3.63, 3.8) is 0 Å². The van der Waals surface area contributed by atoms with Crippen molar-refractivity contribution in [2.75, 3.05) is 125 Å². The van der Waals surface area contributed by atoms with E-state index in [0.29, 0.717) is 75.6 Å². The number of halogens is 1. The summed E-state index contributed by atoms with van der Waals surface area (Å²) < 4.78 is 55.7. The number of nitro benzene ring substituents is 2. The number of carbonyl (C=O) groups excluding carboxylic acids is 9. The van der Waals surface area contributed by atoms with Crippen molar-refractivity contribution >= 4 is 93.1 Å². The zero-order valence-corrected chi connectivity index (χ0v) is 65.4. The smallest absolute Gasteiger partial charge is 0.345 e. The molecule has 38 heteroatoms. The van der Waals surface area contributed by atoms with Gasteiger partial charge in [-0.25, -0.2) is 9.59 Å². The number of aryl methyl sites for hydroxylation is 6. The van der Waals surface area contributed by atoms with Crippen LogP contribution in [0.2, 0.25) is 0 Å². The number of nitro groups is 2. The number of ether oxygens (including phenoxy) is 6. The Bertz CT molecular complexity index is 4760. The molecular weight excluding hydrogens is 1480 g/mol. The lowest BCUT2D eigenvalue weighted by molar-refractivity contribution is -0.385. The molecule has 0 atom stereocenters. The predicted molar refractivity (Wildman–Crippen MR) is 415 cm³/mol. The summed E-state index contributed by atoms with van der Waals surface area (Å²) in [6.45, 7) is 2.88. The van der Waals surface area contributed by atoms with Gasteiger partial charge in [-0.2, -0.15) is 0 Å². The molecule has 0 bridgehead atoms. The number of rotatable bonds is 37. The molecule has 0 radical (unpaired) electrons. The molecule has 0 fully saturated rings. The van der Waals surface area contributed by atoms with E-state index in [9.17, 15) is 72.6 Å². The Labute approximate surface area is 651 Å². The quantitative estimate of drug-likeness (QED) is 0.00654. The Kier molecular flexibility index (Phi) is 34.0. The van der Waals surface area contributed by atoms with Crippen LogP contribution in [0.1, 0.15) is 135 Å². The van der Waals surface area contributed by atoms with Crippen molar-refractivity contribution in [1.82, 2.24) is 47.8 Å². The second-order valence-corrected chi connectivity index (χ2v) is 26.0. The summed E-state index contributed by atoms with van der Waals surface area (Å²) in [5, 5.41) is 45.3. The molecule has 6 aromatic heterocycles. The summed E-state index contributed by atoms with van der Waals surface area (Å²) in [5.41, 5.74) is 9.91. The van der Waals surface area contributed by atoms with Crippen LogP contribution in [0.25, 0.3) is 0 Å². The summed E-state index contributed by atoms with van der Waals surface area (Å²) in [6.07, 6.45) is 12.3. The number of aliphatic carboxylic acids is 1. The van der Waals surface area contributed by atoms with Gasteiger partial charge < -0.3 is 103 Å². The molecule has 6 heterocycles. The Morgan fingerprint density at radius 2 is 0.841 bits per heavy atom. The zero-order valence-electron chi connectivity index (χ0n) is 66.4. The van der Waals surface area contributed by atoms with Crippen LogP contribution in [0.15, 0.2) is 97.8 Å². The Morgan fingerprint density at radius 3 is 1.20 bits per heavy atom. The van der Waals surface area contributed by atoms with Gasteiger partial charge in [0.15, 0.2) is 34.6 Å². The number of esters is 2. The number of anilines is 4. The second-order valence-electron chi connectivity index (χ2n) is 26.0. The number of carboxylic acids is 1. The minimum Gasteiger partial charge on any atom is -0.493 e. The third-order valence-electron chi connectivity index (χ3n) is 16.7. The standard InChI is InChI=1S/C37H46N8O10.C24H33N7O3.C13H15NO8.CH3F/c1-41(2)12-9-11-38-35(48)30-17-25(22-44(30)5)40-36(49)29-14-23(20-42(29)3)15-31(46)28-16-24(21-43(28)4)39-34(47)10-8-13-55-33-19-27(45(51)52)26(37(50)54-7)18-32(33)53-6;1-28(2)8-6-7-26-23(33)21-12-18(15-31(21)5)27-24(34)20-9-16(13-29(20)3)10-22(32)19-11-17(25)14-30(19)4;1-20-10-6-8(13(17)21-2)9(14(18)19)7-11(10)22-5-3-4-12(15)16;1-2/h14,16-22H,8-13,15H2,1-7H3,(H,38,48)(H,39,47)(H,40,49);9,11-15H,6-8,10,25H2,1-5H3,(H,26,33)(H,27,34);6-7H,3-5H2,1-2H3,(H,15,16);1H3/i;;;1D. The van der Waals surface area contributed by atoms with Crippen LogP contribution in [-0.4, -0.2) is 214 Å². The maximum atomic E-state index is 13.3. The molecule has 2 aromatic carbocycles. The van der Waals surface area contributed by atoms with E-state index in [2.05, 4.69) is 41.0 Å². The first-order valence-electron chi connectivity index (χ1n) is 35.5. The number of hydrogen-bond acceptors (Lipinski definition) is 23. The number of nitrogens with two attached hydrogens (primary N) is 1. The van der Waals surface area contributed by atoms with Gasteiger partial charge in [-0.3, -0.25) is 63.0 Å². The molecule has 0 aliphatic carbocycles. The van der Waals surface area contributed by atoms with Gasteiger partial charge in [0.05, 0.1) is 106 Å². The lowest BCUT2D eigenvalue weighted by atomic mass is 10.1. The van der Waals surface area contributed by atoms with E-state index < -0.39 is 52.2 Å². The van der Waals surface area contributed by atoms with Crippen LogP contribution >= 0.6 is 0 Å². The predicted octanol–water partition coefficient (Wildman–Crippen LogP) is 7.43. The van der Waals surface area contributed by atoms with Crippen LogP contribution in [0.3, 0.4) is 0 Å². The number of nitrogens with zero attached hydrogens (tertiary/aromatic N) is 10. The number of aromatic nitrogens is 6. The van der Waals surface area contributed by atoms with Crippen molar-refractivity contribution in [3.8, 4) is 23.0 Å². The topological polar surface area (TPSA) is 455 Å². The molecule has 0 aliphatic heterocycles. The second kappa shape index (κ2) is 43.3. The number of amides is 5. The first kappa shape index (κ1) is 88.8. The molecule has 610 valence electrons. The van der Waals surface area contributed by atoms with Crippen molar-refractivity contribution < 1.29 is 97.1 Å². The molecule has 37 nitrogen and oxygen atoms in total. The largest absolute Gasteiger partial charge is 0.493 e. The molecule has 0 saturated heterocycles. The molecule has 0 unspecified atom stereocenters. The van der Waals surface area contributed by atoms with E-state index in [-0.39, 0.29) is 121 Å². The lowest BCUT2D eigenvalue weighted by Gasteiger charge is -2.12. The van der Waals surface area contributed by atoms with Gasteiger partial charge in [0.25, 0.3) is 35.0 Å². The third kappa shape index (κ3) is 26.6. The molecule has 0 spiro atoms. The molecule has 113 heavy (non-hydrogen) atoms. The van der Waals surface area contributed by atoms with Gasteiger partial charge in [-0.15, -0.1) is 0 Å². The number of Topliss-reactive ketones (excluding diaryl/α,β-unsaturated/α-hetero) is 2. The Morgan fingerprint density at radius 1 is 0.487 bits per heavy atom. The van der Waals surface area contributed by atoms with Gasteiger partial charge in [-0.1, -0.05) is 0 Å². The van der Waals surface area contributed by atoms with E-state index in [4.69, 9.17) is 31.2 Å². The maximum absolute atomic E-state index is 13.3. The van der Waals surface area contributed by atoms with E-state index in [1.54, 1.807) is 143 Å². The van der Waals surface area contributed by atoms with E-state index in [1.807, 2.05) is 33.1 Å². The minimum atomic E-state index is -1.00. The first-order chi connectivity index (χ1) is 54.0. The highest BCUT2D eigenvalue weighted by molar-refractivity contribution is 6.06. The molecule has 0 aliphatic rings. The van der Waals surface area contributed by atoms with Gasteiger partial charge in [0.1, 0.15) is 33.9 Å². The fraction of sp³-hybridized carbons (Fsp3) is 0.387. The number of carboxylic acid groups (broad SMARTS) is 1. The van der Waals surface area contributed by atoms with Crippen LogP contribution < -0.4 is 51.3 Å². The van der Waals surface area contributed by atoms with Gasteiger partial charge in [0.2, 0.25) is 5.91 Å². The fourth-order valence-electron chi connectivity index (χ4n) is 11.3. The number of nitrogen functional groups attached to an aromatic ring is 1. The Balaban J connectivity index is 0.000000332. The molecule has 5 amide bonds. The van der Waals surface area contributed by atoms with Crippen molar-refractivity contribution in [2.24, 2.45) is 42.3 Å². The zero-order chi connectivity index (χ0) is 84.8. The molecule has 8 N–H and O–H groups in total. The molecule has 8 rings (SSSR count). The number of methoxy groups -OCH3 is 4. The summed E-state index contributed by atoms with van der Waals surface area (Å²) in [4.78, 5) is 149. The van der Waals surface area contributed by atoms with Gasteiger partial charge in [-0.05, 0) is 114 Å². The maximum Gasteiger partial charge on any atom is 0.345 e. The fourth-order valence-corrected chi connectivity index (χ4v) is 11.3. The van der Waals surface area contributed by atoms with E-state index >= 15 is 0 Å². The van der Waals surface area contributed by atoms with Crippen LogP contribution in [0, 0.1) is 20.2 Å². The molecule has 0 saturated carbocycles. The number of hydrogen-bond donors (Lipinski definition) is 7. The first-order valence-corrected chi connectivity index (χ1v) is 34.8.